The van der Waals surface area contributed by atoms with Gasteiger partial charge in [0.15, 0.2) is 5.60 Å². The average Bonchev–Trinajstić information content (AvgIpc) is 2.78. The summed E-state index contributed by atoms with van der Waals surface area (Å²) < 4.78 is 11.4. The van der Waals surface area contributed by atoms with Crippen LogP contribution in [0.25, 0.3) is 0 Å². The van der Waals surface area contributed by atoms with E-state index in [2.05, 4.69) is 29.9 Å². The Morgan fingerprint density at radius 3 is 2.24 bits per heavy atom. The van der Waals surface area contributed by atoms with Crippen LogP contribution in [-0.2, 0) is 22.5 Å². The fourth-order valence-electron chi connectivity index (χ4n) is 3.16. The number of hydrogen-bond acceptors (Lipinski definition) is 5. The van der Waals surface area contributed by atoms with E-state index >= 15 is 0 Å². The van der Waals surface area contributed by atoms with Crippen molar-refractivity contribution in [2.75, 3.05) is 6.54 Å². The van der Waals surface area contributed by atoms with Crippen molar-refractivity contribution in [3.05, 3.63) is 65.7 Å². The van der Waals surface area contributed by atoms with E-state index in [1.54, 1.807) is 13.8 Å². The number of aryl methyl sites for hydroxylation is 1. The van der Waals surface area contributed by atoms with Crippen LogP contribution in [0, 0.1) is 0 Å². The summed E-state index contributed by atoms with van der Waals surface area (Å²) in [6.45, 7) is 12.7. The summed E-state index contributed by atoms with van der Waals surface area (Å²) in [5.74, 6) is 1.24. The Labute approximate surface area is 205 Å². The molecule has 34 heavy (non-hydrogen) atoms. The van der Waals surface area contributed by atoms with Gasteiger partial charge in [-0.3, -0.25) is 4.99 Å². The van der Waals surface area contributed by atoms with Gasteiger partial charge < -0.3 is 14.9 Å². The molecule has 0 aliphatic carbocycles. The number of rotatable bonds is 12. The summed E-state index contributed by atoms with van der Waals surface area (Å²) >= 11 is 0. The summed E-state index contributed by atoms with van der Waals surface area (Å²) in [6, 6.07) is 18.2. The summed E-state index contributed by atoms with van der Waals surface area (Å²) in [5.41, 5.74) is 7.31. The highest BCUT2D eigenvalue weighted by Crippen LogP contribution is 2.23. The van der Waals surface area contributed by atoms with Gasteiger partial charge in [-0.1, -0.05) is 49.4 Å². The van der Waals surface area contributed by atoms with Crippen molar-refractivity contribution in [1.29, 1.82) is 0 Å². The number of hydrogen-bond donors (Lipinski definition) is 2. The third-order valence-electron chi connectivity index (χ3n) is 4.97. The van der Waals surface area contributed by atoms with Crippen LogP contribution in [0.4, 0.5) is 0 Å². The van der Waals surface area contributed by atoms with E-state index in [1.165, 1.54) is 11.1 Å². The van der Waals surface area contributed by atoms with Crippen molar-refractivity contribution >= 4 is 11.8 Å². The molecule has 0 aliphatic heterocycles. The second kappa shape index (κ2) is 13.1. The van der Waals surface area contributed by atoms with Crippen LogP contribution in [-0.4, -0.2) is 29.6 Å². The van der Waals surface area contributed by atoms with Gasteiger partial charge in [-0.2, -0.15) is 0 Å². The number of benzene rings is 2. The van der Waals surface area contributed by atoms with E-state index in [4.69, 9.17) is 14.5 Å². The molecule has 0 bridgehead atoms. The van der Waals surface area contributed by atoms with E-state index in [0.717, 1.165) is 38.1 Å². The van der Waals surface area contributed by atoms with Crippen molar-refractivity contribution in [2.24, 2.45) is 4.99 Å². The lowest BCUT2D eigenvalue weighted by Crippen LogP contribution is -2.43. The summed E-state index contributed by atoms with van der Waals surface area (Å²) in [7, 11) is 0. The Balaban J connectivity index is 1.89. The molecular formula is C28H41N3O3. The summed E-state index contributed by atoms with van der Waals surface area (Å²) in [6.07, 6.45) is 3.80. The molecule has 0 radical (unpaired) electrons. The fourth-order valence-corrected chi connectivity index (χ4v) is 3.16. The number of carbonyl (C=O) groups is 1. The van der Waals surface area contributed by atoms with Crippen molar-refractivity contribution in [3.8, 4) is 5.75 Å². The van der Waals surface area contributed by atoms with Gasteiger partial charge in [-0.05, 0) is 77.1 Å². The maximum Gasteiger partial charge on any atom is 0.350 e. The molecule has 0 amide bonds. The first-order valence-electron chi connectivity index (χ1n) is 12.2. The van der Waals surface area contributed by atoms with Crippen molar-refractivity contribution in [2.45, 2.75) is 85.0 Å². The third kappa shape index (κ3) is 10.4. The van der Waals surface area contributed by atoms with Crippen molar-refractivity contribution in [1.82, 2.24) is 10.9 Å². The molecule has 0 saturated carbocycles. The minimum atomic E-state index is -1.06. The number of nitrogens with one attached hydrogen (secondary N) is 2. The summed E-state index contributed by atoms with van der Waals surface area (Å²) in [5, 5.41) is 0. The molecular weight excluding hydrogens is 426 g/mol. The van der Waals surface area contributed by atoms with Crippen molar-refractivity contribution in [3.63, 3.8) is 0 Å². The van der Waals surface area contributed by atoms with E-state index in [9.17, 15) is 4.79 Å². The van der Waals surface area contributed by atoms with Crippen LogP contribution in [0.1, 0.15) is 71.9 Å². The van der Waals surface area contributed by atoms with E-state index in [0.29, 0.717) is 12.3 Å². The molecule has 6 nitrogen and oxygen atoms in total. The number of aliphatic imine (C=N–C) groups is 1. The van der Waals surface area contributed by atoms with Crippen LogP contribution in [0.15, 0.2) is 59.6 Å². The topological polar surface area (TPSA) is 72.0 Å². The first-order chi connectivity index (χ1) is 16.1. The van der Waals surface area contributed by atoms with Gasteiger partial charge in [0.2, 0.25) is 0 Å². The van der Waals surface area contributed by atoms with Crippen LogP contribution in [0.2, 0.25) is 0 Å². The molecule has 0 saturated heterocycles. The first-order valence-corrected chi connectivity index (χ1v) is 12.2. The first kappa shape index (κ1) is 27.4. The molecule has 0 fully saturated rings. The lowest BCUT2D eigenvalue weighted by atomic mass is 10.1. The summed E-state index contributed by atoms with van der Waals surface area (Å²) in [4.78, 5) is 17.2. The highest BCUT2D eigenvalue weighted by Gasteiger charge is 2.34. The number of ether oxygens (including phenoxy) is 2. The number of carbonyl (C=O) groups excluding carboxylic acids is 1. The minimum absolute atomic E-state index is 0.379. The van der Waals surface area contributed by atoms with Crippen LogP contribution < -0.4 is 15.6 Å². The molecule has 6 heteroatoms. The SMILES string of the molecule is CCCNNC(CCCc1ccc(OC(C)(C)C(=O)OC(C)(C)C)cc1)=NCc1ccccc1. The van der Waals surface area contributed by atoms with E-state index in [-0.39, 0.29) is 5.97 Å². The molecule has 0 aliphatic rings. The van der Waals surface area contributed by atoms with Gasteiger partial charge in [0.1, 0.15) is 17.2 Å². The second-order valence-electron chi connectivity index (χ2n) is 9.91. The molecule has 2 aromatic rings. The molecule has 0 atom stereocenters. The van der Waals surface area contributed by atoms with E-state index in [1.807, 2.05) is 63.2 Å². The van der Waals surface area contributed by atoms with Gasteiger partial charge in [0.25, 0.3) is 0 Å². The van der Waals surface area contributed by atoms with Crippen LogP contribution >= 0.6 is 0 Å². The Kier molecular flexibility index (Phi) is 10.6. The molecule has 0 aromatic heterocycles. The lowest BCUT2D eigenvalue weighted by Gasteiger charge is -2.29. The highest BCUT2D eigenvalue weighted by atomic mass is 16.6. The van der Waals surface area contributed by atoms with Crippen LogP contribution in [0.5, 0.6) is 5.75 Å². The molecule has 0 unspecified atom stereocenters. The van der Waals surface area contributed by atoms with Gasteiger partial charge >= 0.3 is 5.97 Å². The molecule has 2 aromatic carbocycles. The maximum atomic E-state index is 12.4. The lowest BCUT2D eigenvalue weighted by molar-refractivity contribution is -0.170. The zero-order chi connectivity index (χ0) is 25.0. The van der Waals surface area contributed by atoms with Gasteiger partial charge in [0, 0.05) is 13.0 Å². The number of esters is 1. The van der Waals surface area contributed by atoms with E-state index < -0.39 is 11.2 Å². The zero-order valence-corrected chi connectivity index (χ0v) is 21.6. The zero-order valence-electron chi connectivity index (χ0n) is 21.6. The molecule has 0 heterocycles. The Morgan fingerprint density at radius 2 is 1.62 bits per heavy atom. The standard InChI is InChI=1S/C28H41N3O3/c1-7-20-30-31-25(29-21-23-12-9-8-10-13-23)15-11-14-22-16-18-24(19-17-22)33-28(5,6)26(32)34-27(2,3)4/h8-10,12-13,16-19,30H,7,11,14-15,20-21H2,1-6H3,(H,29,31). The van der Waals surface area contributed by atoms with Gasteiger partial charge in [0.05, 0.1) is 6.54 Å². The molecule has 2 rings (SSSR count). The monoisotopic (exact) mass is 467 g/mol. The smallest absolute Gasteiger partial charge is 0.350 e. The molecule has 0 spiro atoms. The van der Waals surface area contributed by atoms with Crippen molar-refractivity contribution < 1.29 is 14.3 Å². The number of amidine groups is 1. The van der Waals surface area contributed by atoms with Gasteiger partial charge in [-0.15, -0.1) is 0 Å². The quantitative estimate of drug-likeness (QED) is 0.140. The maximum absolute atomic E-state index is 12.4. The minimum Gasteiger partial charge on any atom is -0.476 e. The predicted octanol–water partition coefficient (Wildman–Crippen LogP) is 5.61. The normalized spacial score (nSPS) is 12.4. The fraction of sp³-hybridized carbons (Fsp3) is 0.500. The number of hydrazine groups is 1. The Hall–Kier alpha value is -2.86. The second-order valence-corrected chi connectivity index (χ2v) is 9.91. The Morgan fingerprint density at radius 1 is 0.941 bits per heavy atom. The predicted molar refractivity (Wildman–Crippen MR) is 139 cm³/mol. The molecule has 2 N–H and O–H groups in total. The average molecular weight is 468 g/mol. The highest BCUT2D eigenvalue weighted by molar-refractivity contribution is 5.81. The Bertz CT molecular complexity index is 901. The molecule has 186 valence electrons. The third-order valence-corrected chi connectivity index (χ3v) is 4.97. The van der Waals surface area contributed by atoms with Crippen LogP contribution in [0.3, 0.4) is 0 Å². The largest absolute Gasteiger partial charge is 0.476 e. The van der Waals surface area contributed by atoms with Gasteiger partial charge in [-0.25, -0.2) is 10.2 Å². The number of nitrogens with zero attached hydrogens (tertiary/aromatic N) is 1.